The molecule has 0 spiro atoms. The molecule has 0 radical (unpaired) electrons. The average Bonchev–Trinajstić information content (AvgIpc) is 3.29. The number of nitrogens with zero attached hydrogens (tertiary/aromatic N) is 5. The number of hydrogen-bond donors (Lipinski definition) is 0. The van der Waals surface area contributed by atoms with Crippen molar-refractivity contribution in [2.24, 2.45) is 0 Å². The number of pyridine rings is 3. The Morgan fingerprint density at radius 3 is 2.18 bits per heavy atom. The van der Waals surface area contributed by atoms with Crippen molar-refractivity contribution in [2.75, 3.05) is 0 Å². The van der Waals surface area contributed by atoms with Crippen LogP contribution in [0.5, 0.6) is 0 Å². The van der Waals surface area contributed by atoms with E-state index in [0.717, 1.165) is 16.9 Å². The third kappa shape index (κ3) is 4.20. The lowest BCUT2D eigenvalue weighted by Gasteiger charge is -2.24. The highest BCUT2D eigenvalue weighted by Crippen LogP contribution is 2.32. The molecule has 0 bridgehead atoms. The van der Waals surface area contributed by atoms with E-state index in [9.17, 15) is 22.0 Å². The first-order valence-corrected chi connectivity index (χ1v) is 9.88. The molecule has 0 atom stereocenters. The maximum absolute atomic E-state index is 14.6. The molecule has 170 valence electrons. The molecule has 0 saturated heterocycles. The number of halogens is 5. The van der Waals surface area contributed by atoms with E-state index in [4.69, 9.17) is 0 Å². The molecular formula is C23H18F5N5. The van der Waals surface area contributed by atoms with E-state index in [1.54, 1.807) is 36.4 Å². The third-order valence-corrected chi connectivity index (χ3v) is 5.34. The lowest BCUT2D eigenvalue weighted by molar-refractivity contribution is -0.141. The quantitative estimate of drug-likeness (QED) is 0.292. The van der Waals surface area contributed by atoms with Gasteiger partial charge in [-0.15, -0.1) is 0 Å². The fourth-order valence-corrected chi connectivity index (χ4v) is 3.31. The fraction of sp³-hybridized carbons (Fsp3) is 0.217. The van der Waals surface area contributed by atoms with Crippen LogP contribution in [-0.2, 0) is 11.6 Å². The monoisotopic (exact) mass is 459 g/mol. The summed E-state index contributed by atoms with van der Waals surface area (Å²) in [7, 11) is 0. The van der Waals surface area contributed by atoms with Crippen LogP contribution < -0.4 is 0 Å². The van der Waals surface area contributed by atoms with Crippen LogP contribution in [0.3, 0.4) is 0 Å². The normalized spacial score (nSPS) is 12.2. The summed E-state index contributed by atoms with van der Waals surface area (Å²) >= 11 is 0. The topological polar surface area (TPSA) is 56.5 Å². The van der Waals surface area contributed by atoms with Gasteiger partial charge >= 0.3 is 6.18 Å². The Hall–Kier alpha value is -3.69. The summed E-state index contributed by atoms with van der Waals surface area (Å²) < 4.78 is 67.9. The highest BCUT2D eigenvalue weighted by atomic mass is 19.4. The van der Waals surface area contributed by atoms with Crippen LogP contribution in [0.4, 0.5) is 22.0 Å². The van der Waals surface area contributed by atoms with Crippen molar-refractivity contribution in [2.45, 2.75) is 32.4 Å². The zero-order valence-electron chi connectivity index (χ0n) is 17.8. The molecule has 0 amide bonds. The summed E-state index contributed by atoms with van der Waals surface area (Å²) in [6.45, 7) is 4.96. The van der Waals surface area contributed by atoms with Gasteiger partial charge in [0.1, 0.15) is 5.82 Å². The van der Waals surface area contributed by atoms with Crippen molar-refractivity contribution in [1.82, 2.24) is 24.7 Å². The molecule has 0 aromatic carbocycles. The van der Waals surface area contributed by atoms with E-state index in [0.29, 0.717) is 11.4 Å². The first-order valence-electron chi connectivity index (χ1n) is 9.88. The van der Waals surface area contributed by atoms with Gasteiger partial charge in [-0.3, -0.25) is 4.98 Å². The molecule has 4 heterocycles. The molecule has 0 N–H and O–H groups in total. The summed E-state index contributed by atoms with van der Waals surface area (Å²) in [5.74, 6) is -1.43. The molecule has 0 aliphatic rings. The Morgan fingerprint density at radius 1 is 0.848 bits per heavy atom. The van der Waals surface area contributed by atoms with Crippen molar-refractivity contribution in [1.29, 1.82) is 0 Å². The van der Waals surface area contributed by atoms with E-state index in [-0.39, 0.29) is 22.6 Å². The van der Waals surface area contributed by atoms with E-state index in [2.05, 4.69) is 20.1 Å². The Labute approximate surface area is 186 Å². The maximum atomic E-state index is 14.6. The Morgan fingerprint density at radius 2 is 1.52 bits per heavy atom. The van der Waals surface area contributed by atoms with Crippen molar-refractivity contribution >= 4 is 0 Å². The largest absolute Gasteiger partial charge is 0.435 e. The minimum atomic E-state index is -4.56. The van der Waals surface area contributed by atoms with Crippen LogP contribution in [0, 0.1) is 18.7 Å². The molecular weight excluding hydrogens is 441 g/mol. The van der Waals surface area contributed by atoms with Crippen LogP contribution >= 0.6 is 0 Å². The van der Waals surface area contributed by atoms with Gasteiger partial charge in [0.15, 0.2) is 11.5 Å². The van der Waals surface area contributed by atoms with Gasteiger partial charge in [0.05, 0.1) is 22.6 Å². The van der Waals surface area contributed by atoms with E-state index >= 15 is 0 Å². The van der Waals surface area contributed by atoms with Gasteiger partial charge in [0, 0.05) is 23.4 Å². The molecule has 0 aliphatic carbocycles. The van der Waals surface area contributed by atoms with Crippen LogP contribution in [0.2, 0.25) is 0 Å². The van der Waals surface area contributed by atoms with Crippen molar-refractivity contribution in [3.63, 3.8) is 0 Å². The Kier molecular flexibility index (Phi) is 5.47. The van der Waals surface area contributed by atoms with Crippen LogP contribution in [0.1, 0.15) is 36.5 Å². The molecule has 0 fully saturated rings. The van der Waals surface area contributed by atoms with E-state index in [1.165, 1.54) is 13.1 Å². The number of rotatable bonds is 4. The van der Waals surface area contributed by atoms with Crippen molar-refractivity contribution < 1.29 is 22.0 Å². The summed E-state index contributed by atoms with van der Waals surface area (Å²) in [6, 6.07) is 10.8. The lowest BCUT2D eigenvalue weighted by atomic mass is 9.84. The molecule has 5 nitrogen and oxygen atoms in total. The van der Waals surface area contributed by atoms with E-state index in [1.807, 2.05) is 13.8 Å². The molecule has 10 heteroatoms. The molecule has 4 rings (SSSR count). The molecule has 33 heavy (non-hydrogen) atoms. The number of alkyl halides is 3. The Balaban J connectivity index is 1.73. The predicted octanol–water partition coefficient (Wildman–Crippen LogP) is 5.66. The summed E-state index contributed by atoms with van der Waals surface area (Å²) in [5, 5.41) is 3.56. The Bertz CT molecular complexity index is 1330. The van der Waals surface area contributed by atoms with Gasteiger partial charge in [0.2, 0.25) is 5.95 Å². The first-order chi connectivity index (χ1) is 15.5. The van der Waals surface area contributed by atoms with Crippen LogP contribution in [0.15, 0.2) is 54.9 Å². The zero-order chi connectivity index (χ0) is 24.0. The van der Waals surface area contributed by atoms with Crippen molar-refractivity contribution in [3.8, 4) is 17.1 Å². The van der Waals surface area contributed by atoms with Gasteiger partial charge in [0.25, 0.3) is 0 Å². The standard InChI is InChI=1S/C23H18F5N5/c1-13-20(24)14(12-29-21(13)25)15-6-4-7-16(30-15)22(2,3)17-8-5-9-19(31-17)33-11-10-18(32-33)23(26,27)28/h4-12H,1-3H3. The summed E-state index contributed by atoms with van der Waals surface area (Å²) in [5.41, 5.74) is -0.647. The molecule has 0 unspecified atom stereocenters. The van der Waals surface area contributed by atoms with Gasteiger partial charge < -0.3 is 0 Å². The molecule has 0 saturated carbocycles. The SMILES string of the molecule is Cc1c(F)ncc(-c2cccc(C(C)(C)c3cccc(-n4ccc(C(F)(F)F)n4)n3)n2)c1F. The maximum Gasteiger partial charge on any atom is 0.435 e. The van der Waals surface area contributed by atoms with E-state index < -0.39 is 29.1 Å². The average molecular weight is 459 g/mol. The molecule has 0 aliphatic heterocycles. The van der Waals surface area contributed by atoms with Crippen molar-refractivity contribution in [3.05, 3.63) is 89.3 Å². The first kappa shape index (κ1) is 22.5. The lowest BCUT2D eigenvalue weighted by Crippen LogP contribution is -2.23. The molecule has 4 aromatic heterocycles. The second-order valence-electron chi connectivity index (χ2n) is 7.96. The smallest absolute Gasteiger partial charge is 0.252 e. The number of hydrogen-bond acceptors (Lipinski definition) is 4. The minimum absolute atomic E-state index is 0.0597. The second-order valence-corrected chi connectivity index (χ2v) is 7.96. The fourth-order valence-electron chi connectivity index (χ4n) is 3.31. The third-order valence-electron chi connectivity index (χ3n) is 5.34. The summed E-state index contributed by atoms with van der Waals surface area (Å²) in [4.78, 5) is 12.6. The van der Waals surface area contributed by atoms with Gasteiger partial charge in [-0.2, -0.15) is 22.7 Å². The zero-order valence-corrected chi connectivity index (χ0v) is 17.8. The number of aromatic nitrogens is 5. The van der Waals surface area contributed by atoms with Crippen LogP contribution in [0.25, 0.3) is 17.1 Å². The van der Waals surface area contributed by atoms with Crippen LogP contribution in [-0.4, -0.2) is 24.7 Å². The second kappa shape index (κ2) is 8.02. The van der Waals surface area contributed by atoms with Gasteiger partial charge in [-0.05, 0) is 51.1 Å². The molecule has 4 aromatic rings. The van der Waals surface area contributed by atoms with Gasteiger partial charge in [-0.25, -0.2) is 19.0 Å². The van der Waals surface area contributed by atoms with Gasteiger partial charge in [-0.1, -0.05) is 12.1 Å². The predicted molar refractivity (Wildman–Crippen MR) is 111 cm³/mol. The highest BCUT2D eigenvalue weighted by Gasteiger charge is 2.34. The summed E-state index contributed by atoms with van der Waals surface area (Å²) in [6.07, 6.45) is -2.28. The minimum Gasteiger partial charge on any atom is -0.252 e. The highest BCUT2D eigenvalue weighted by molar-refractivity contribution is 5.60.